The number of thiazole rings is 1. The first kappa shape index (κ1) is 25.5. The van der Waals surface area contributed by atoms with Crippen molar-refractivity contribution in [3.63, 3.8) is 0 Å². The Labute approximate surface area is 223 Å². The first-order chi connectivity index (χ1) is 16.5. The number of hydrogen-bond acceptors (Lipinski definition) is 6. The summed E-state index contributed by atoms with van der Waals surface area (Å²) >= 11 is 9.51. The maximum absolute atomic E-state index is 14.1. The number of pyridine rings is 1. The van der Waals surface area contributed by atoms with Crippen molar-refractivity contribution in [2.75, 3.05) is 32.1 Å². The van der Waals surface area contributed by atoms with Crippen LogP contribution in [0.1, 0.15) is 16.8 Å². The predicted octanol–water partition coefficient (Wildman–Crippen LogP) is 7.25. The number of rotatable bonds is 7. The summed E-state index contributed by atoms with van der Waals surface area (Å²) in [6.45, 7) is 1.42. The highest BCUT2D eigenvalue weighted by atomic mass is 35.5. The number of aromatic nitrogens is 2. The SMILES string of the molecule is CN(C)CCCN(C(=O)c1cc(-c2cccs2)nc2ccccc12)c1nc2c(Cl)cccc2s1.Cl. The van der Waals surface area contributed by atoms with E-state index in [0.717, 1.165) is 44.7 Å². The van der Waals surface area contributed by atoms with Gasteiger partial charge in [-0.1, -0.05) is 53.3 Å². The molecule has 0 N–H and O–H groups in total. The number of halogens is 2. The topological polar surface area (TPSA) is 49.3 Å². The molecule has 5 aromatic rings. The zero-order valence-corrected chi connectivity index (χ0v) is 22.5. The molecule has 0 atom stereocenters. The van der Waals surface area contributed by atoms with Crippen LogP contribution in [0.5, 0.6) is 0 Å². The molecule has 5 rings (SSSR count). The lowest BCUT2D eigenvalue weighted by atomic mass is 10.1. The van der Waals surface area contributed by atoms with Crippen molar-refractivity contribution in [3.05, 3.63) is 76.6 Å². The minimum Gasteiger partial charge on any atom is -0.309 e. The van der Waals surface area contributed by atoms with E-state index in [0.29, 0.717) is 22.3 Å². The van der Waals surface area contributed by atoms with E-state index in [-0.39, 0.29) is 18.3 Å². The van der Waals surface area contributed by atoms with Crippen LogP contribution >= 0.6 is 46.7 Å². The van der Waals surface area contributed by atoms with Crippen LogP contribution in [0.25, 0.3) is 31.7 Å². The Morgan fingerprint density at radius 3 is 2.57 bits per heavy atom. The Bertz CT molecular complexity index is 1470. The molecular weight excluding hydrogens is 519 g/mol. The fraction of sp³-hybridized carbons (Fsp3) is 0.192. The molecule has 0 spiro atoms. The van der Waals surface area contributed by atoms with Crippen LogP contribution in [0.4, 0.5) is 5.13 Å². The summed E-state index contributed by atoms with van der Waals surface area (Å²) in [6.07, 6.45) is 0.823. The van der Waals surface area contributed by atoms with Crippen LogP contribution < -0.4 is 4.90 Å². The Hall–Kier alpha value is -2.55. The number of fused-ring (bicyclic) bond motifs is 2. The van der Waals surface area contributed by atoms with Gasteiger partial charge in [0.25, 0.3) is 5.91 Å². The number of amides is 1. The first-order valence-corrected chi connectivity index (χ1v) is 13.0. The summed E-state index contributed by atoms with van der Waals surface area (Å²) in [4.78, 5) is 28.7. The number of nitrogens with zero attached hydrogens (tertiary/aromatic N) is 4. The van der Waals surface area contributed by atoms with Crippen molar-refractivity contribution >= 4 is 78.8 Å². The molecule has 0 saturated heterocycles. The van der Waals surface area contributed by atoms with E-state index < -0.39 is 0 Å². The third-order valence-electron chi connectivity index (χ3n) is 5.54. The number of anilines is 1. The van der Waals surface area contributed by atoms with Gasteiger partial charge in [-0.2, -0.15) is 0 Å². The van der Waals surface area contributed by atoms with Gasteiger partial charge in [-0.05, 0) is 62.8 Å². The average molecular weight is 544 g/mol. The van der Waals surface area contributed by atoms with E-state index in [2.05, 4.69) is 4.90 Å². The monoisotopic (exact) mass is 542 g/mol. The van der Waals surface area contributed by atoms with Crippen molar-refractivity contribution < 1.29 is 4.79 Å². The van der Waals surface area contributed by atoms with E-state index in [1.54, 1.807) is 16.2 Å². The van der Waals surface area contributed by atoms with Crippen molar-refractivity contribution in [2.24, 2.45) is 0 Å². The first-order valence-electron chi connectivity index (χ1n) is 11.0. The standard InChI is InChI=1S/C26H23ClN4OS2.ClH/c1-30(2)13-7-14-31(26-29-24-19(27)9-5-11-23(24)34-26)25(32)18-16-21(22-12-6-15-33-22)28-20-10-4-3-8-17(18)20;/h3-6,8-12,15-16H,7,13-14H2,1-2H3;1H. The van der Waals surface area contributed by atoms with Gasteiger partial charge >= 0.3 is 0 Å². The summed E-state index contributed by atoms with van der Waals surface area (Å²) in [6, 6.07) is 19.5. The molecule has 1 amide bonds. The Morgan fingerprint density at radius 1 is 1.00 bits per heavy atom. The van der Waals surface area contributed by atoms with Crippen LogP contribution in [0.15, 0.2) is 66.0 Å². The summed E-state index contributed by atoms with van der Waals surface area (Å²) in [7, 11) is 4.07. The summed E-state index contributed by atoms with van der Waals surface area (Å²) < 4.78 is 0.965. The van der Waals surface area contributed by atoms with E-state index in [9.17, 15) is 4.79 Å². The van der Waals surface area contributed by atoms with Gasteiger partial charge in [0.2, 0.25) is 0 Å². The van der Waals surface area contributed by atoms with Crippen LogP contribution in [0.2, 0.25) is 5.02 Å². The van der Waals surface area contributed by atoms with Gasteiger partial charge in [-0.25, -0.2) is 9.97 Å². The normalized spacial score (nSPS) is 11.2. The number of benzene rings is 2. The minimum atomic E-state index is -0.0784. The van der Waals surface area contributed by atoms with Crippen LogP contribution in [-0.2, 0) is 0 Å². The third kappa shape index (κ3) is 5.34. The fourth-order valence-corrected chi connectivity index (χ4v) is 5.87. The second-order valence-electron chi connectivity index (χ2n) is 8.25. The zero-order chi connectivity index (χ0) is 23.7. The number of carbonyl (C=O) groups excluding carboxylic acids is 1. The van der Waals surface area contributed by atoms with Crippen molar-refractivity contribution in [3.8, 4) is 10.6 Å². The highest BCUT2D eigenvalue weighted by Gasteiger charge is 2.24. The molecule has 0 bridgehead atoms. The second kappa shape index (κ2) is 11.0. The molecule has 3 heterocycles. The molecule has 0 aliphatic carbocycles. The van der Waals surface area contributed by atoms with Gasteiger partial charge in [-0.15, -0.1) is 23.7 Å². The smallest absolute Gasteiger partial charge is 0.260 e. The molecule has 0 aliphatic heterocycles. The molecule has 0 aliphatic rings. The lowest BCUT2D eigenvalue weighted by molar-refractivity contribution is 0.0987. The highest BCUT2D eigenvalue weighted by Crippen LogP contribution is 2.35. The van der Waals surface area contributed by atoms with Crippen LogP contribution in [-0.4, -0.2) is 48.0 Å². The summed E-state index contributed by atoms with van der Waals surface area (Å²) in [5.74, 6) is -0.0784. The van der Waals surface area contributed by atoms with E-state index in [4.69, 9.17) is 21.6 Å². The van der Waals surface area contributed by atoms with Crippen molar-refractivity contribution in [2.45, 2.75) is 6.42 Å². The molecule has 180 valence electrons. The summed E-state index contributed by atoms with van der Waals surface area (Å²) in [5, 5.41) is 4.11. The number of carbonyl (C=O) groups is 1. The molecule has 2 aromatic carbocycles. The summed E-state index contributed by atoms with van der Waals surface area (Å²) in [5.41, 5.74) is 2.97. The lowest BCUT2D eigenvalue weighted by Crippen LogP contribution is -2.33. The molecule has 0 fully saturated rings. The largest absolute Gasteiger partial charge is 0.309 e. The van der Waals surface area contributed by atoms with E-state index in [1.165, 1.54) is 11.3 Å². The van der Waals surface area contributed by atoms with Crippen molar-refractivity contribution in [1.82, 2.24) is 14.9 Å². The van der Waals surface area contributed by atoms with Crippen molar-refractivity contribution in [1.29, 1.82) is 0 Å². The molecule has 0 unspecified atom stereocenters. The van der Waals surface area contributed by atoms with Gasteiger partial charge in [-0.3, -0.25) is 9.69 Å². The van der Waals surface area contributed by atoms with Gasteiger partial charge in [0.05, 0.1) is 31.4 Å². The molecule has 9 heteroatoms. The Kier molecular flexibility index (Phi) is 8.04. The maximum Gasteiger partial charge on any atom is 0.260 e. The number of hydrogen-bond donors (Lipinski definition) is 0. The molecule has 35 heavy (non-hydrogen) atoms. The average Bonchev–Trinajstić information content (AvgIpc) is 3.52. The quantitative estimate of drug-likeness (QED) is 0.217. The Morgan fingerprint density at radius 2 is 1.83 bits per heavy atom. The third-order valence-corrected chi connectivity index (χ3v) is 7.78. The molecule has 0 saturated carbocycles. The van der Waals surface area contributed by atoms with Gasteiger partial charge in [0.1, 0.15) is 5.52 Å². The lowest BCUT2D eigenvalue weighted by Gasteiger charge is -2.22. The van der Waals surface area contributed by atoms with Gasteiger partial charge in [0, 0.05) is 11.9 Å². The zero-order valence-electron chi connectivity index (χ0n) is 19.3. The fourth-order valence-electron chi connectivity index (χ4n) is 3.90. The highest BCUT2D eigenvalue weighted by molar-refractivity contribution is 7.22. The van der Waals surface area contributed by atoms with Gasteiger partial charge in [0.15, 0.2) is 5.13 Å². The predicted molar refractivity (Wildman–Crippen MR) is 152 cm³/mol. The van der Waals surface area contributed by atoms with Crippen LogP contribution in [0.3, 0.4) is 0 Å². The van der Waals surface area contributed by atoms with Gasteiger partial charge < -0.3 is 4.90 Å². The molecule has 5 nitrogen and oxygen atoms in total. The second-order valence-corrected chi connectivity index (χ2v) is 10.6. The minimum absolute atomic E-state index is 0. The number of thiophene rings is 1. The molecular formula is C26H24Cl2N4OS2. The van der Waals surface area contributed by atoms with E-state index in [1.807, 2.05) is 80.1 Å². The molecule has 0 radical (unpaired) electrons. The van der Waals surface area contributed by atoms with Crippen LogP contribution in [0, 0.1) is 0 Å². The number of para-hydroxylation sites is 2. The maximum atomic E-state index is 14.1. The van der Waals surface area contributed by atoms with E-state index >= 15 is 0 Å². The Balaban J connectivity index is 0.00000289. The molecule has 3 aromatic heterocycles.